The van der Waals surface area contributed by atoms with Crippen LogP contribution >= 0.6 is 0 Å². The number of guanidine groups is 1. The molecule has 0 aliphatic carbocycles. The van der Waals surface area contributed by atoms with Crippen molar-refractivity contribution in [2.45, 2.75) is 40.2 Å². The van der Waals surface area contributed by atoms with Crippen molar-refractivity contribution >= 4 is 11.6 Å². The summed E-state index contributed by atoms with van der Waals surface area (Å²) in [6, 6.07) is 6.18. The van der Waals surface area contributed by atoms with Gasteiger partial charge in [-0.2, -0.15) is 0 Å². The number of nitrogens with one attached hydrogen (secondary N) is 1. The summed E-state index contributed by atoms with van der Waals surface area (Å²) in [5, 5.41) is 3.09. The number of anilines is 1. The highest BCUT2D eigenvalue weighted by atomic mass is 16.4. The van der Waals surface area contributed by atoms with Crippen molar-refractivity contribution in [3.63, 3.8) is 0 Å². The van der Waals surface area contributed by atoms with Gasteiger partial charge in [-0.1, -0.05) is 13.0 Å². The van der Waals surface area contributed by atoms with Crippen molar-refractivity contribution < 1.29 is 4.42 Å². The van der Waals surface area contributed by atoms with Crippen molar-refractivity contribution in [2.75, 3.05) is 5.32 Å². The van der Waals surface area contributed by atoms with Crippen molar-refractivity contribution in [1.29, 1.82) is 0 Å². The van der Waals surface area contributed by atoms with Gasteiger partial charge in [0.1, 0.15) is 12.3 Å². The maximum absolute atomic E-state index is 5.90. The van der Waals surface area contributed by atoms with Gasteiger partial charge >= 0.3 is 0 Å². The lowest BCUT2D eigenvalue weighted by atomic mass is 10.1. The first kappa shape index (κ1) is 15.1. The summed E-state index contributed by atoms with van der Waals surface area (Å²) < 4.78 is 5.56. The molecule has 112 valence electrons. The van der Waals surface area contributed by atoms with E-state index in [1.165, 1.54) is 11.1 Å². The zero-order valence-corrected chi connectivity index (χ0v) is 12.8. The molecular weight excluding hydrogens is 264 g/mol. The summed E-state index contributed by atoms with van der Waals surface area (Å²) >= 11 is 0. The van der Waals surface area contributed by atoms with E-state index in [1.807, 2.05) is 12.1 Å². The molecule has 0 unspecified atom stereocenters. The third-order valence-corrected chi connectivity index (χ3v) is 2.96. The molecule has 0 aliphatic heterocycles. The molecule has 0 amide bonds. The second-order valence-corrected chi connectivity index (χ2v) is 5.17. The van der Waals surface area contributed by atoms with Crippen molar-refractivity contribution in [3.05, 3.63) is 47.2 Å². The van der Waals surface area contributed by atoms with Gasteiger partial charge in [-0.05, 0) is 43.5 Å². The number of aliphatic imine (C=N–C) groups is 1. The van der Waals surface area contributed by atoms with E-state index in [4.69, 9.17) is 10.2 Å². The van der Waals surface area contributed by atoms with Crippen LogP contribution in [0.25, 0.3) is 0 Å². The van der Waals surface area contributed by atoms with Gasteiger partial charge in [0, 0.05) is 12.1 Å². The number of oxazole rings is 1. The van der Waals surface area contributed by atoms with Crippen LogP contribution in [0.5, 0.6) is 0 Å². The predicted molar refractivity (Wildman–Crippen MR) is 85.4 cm³/mol. The molecule has 0 atom stereocenters. The number of hydrogen-bond donors (Lipinski definition) is 2. The summed E-state index contributed by atoms with van der Waals surface area (Å²) in [7, 11) is 0. The van der Waals surface area contributed by atoms with E-state index < -0.39 is 0 Å². The Balaban J connectivity index is 1.96. The summed E-state index contributed by atoms with van der Waals surface area (Å²) in [6.45, 7) is 6.58. The molecule has 21 heavy (non-hydrogen) atoms. The van der Waals surface area contributed by atoms with Crippen molar-refractivity contribution in [2.24, 2.45) is 10.7 Å². The maximum Gasteiger partial charge on any atom is 0.194 e. The molecule has 0 saturated carbocycles. The number of benzene rings is 1. The average molecular weight is 286 g/mol. The first-order chi connectivity index (χ1) is 10.1. The monoisotopic (exact) mass is 286 g/mol. The van der Waals surface area contributed by atoms with E-state index in [9.17, 15) is 0 Å². The van der Waals surface area contributed by atoms with Crippen LogP contribution in [0, 0.1) is 13.8 Å². The highest BCUT2D eigenvalue weighted by Gasteiger charge is 2.03. The molecule has 0 radical (unpaired) electrons. The summed E-state index contributed by atoms with van der Waals surface area (Å²) in [5.74, 6) is 1.85. The highest BCUT2D eigenvalue weighted by Crippen LogP contribution is 2.13. The molecule has 2 aromatic rings. The quantitative estimate of drug-likeness (QED) is 0.654. The number of nitrogens with zero attached hydrogens (tertiary/aromatic N) is 2. The van der Waals surface area contributed by atoms with Gasteiger partial charge in [0.2, 0.25) is 0 Å². The minimum Gasteiger partial charge on any atom is -0.444 e. The molecule has 0 spiro atoms. The standard InChI is InChI=1S/C16H22N4O/c1-4-5-15-18-9-14(21-15)10-19-16(17)20-13-7-11(2)6-12(3)8-13/h6-9H,4-5,10H2,1-3H3,(H3,17,19,20). The predicted octanol–water partition coefficient (Wildman–Crippen LogP) is 3.17. The Labute approximate surface area is 125 Å². The average Bonchev–Trinajstić information content (AvgIpc) is 2.83. The highest BCUT2D eigenvalue weighted by molar-refractivity contribution is 5.92. The lowest BCUT2D eigenvalue weighted by molar-refractivity contribution is 0.454. The van der Waals surface area contributed by atoms with E-state index in [0.717, 1.165) is 30.2 Å². The Morgan fingerprint density at radius 1 is 1.29 bits per heavy atom. The van der Waals surface area contributed by atoms with Gasteiger partial charge in [-0.15, -0.1) is 0 Å². The number of hydrogen-bond acceptors (Lipinski definition) is 3. The number of aromatic nitrogens is 1. The van der Waals surface area contributed by atoms with Gasteiger partial charge in [-0.25, -0.2) is 9.98 Å². The summed E-state index contributed by atoms with van der Waals surface area (Å²) in [6.07, 6.45) is 3.57. The van der Waals surface area contributed by atoms with Crippen LogP contribution < -0.4 is 11.1 Å². The minimum absolute atomic E-state index is 0.369. The lowest BCUT2D eigenvalue weighted by Gasteiger charge is -2.07. The van der Waals surface area contributed by atoms with E-state index >= 15 is 0 Å². The first-order valence-electron chi connectivity index (χ1n) is 7.15. The van der Waals surface area contributed by atoms with E-state index in [1.54, 1.807) is 6.20 Å². The molecule has 0 saturated heterocycles. The van der Waals surface area contributed by atoms with Crippen LogP contribution in [-0.2, 0) is 13.0 Å². The zero-order chi connectivity index (χ0) is 15.2. The third-order valence-electron chi connectivity index (χ3n) is 2.96. The second kappa shape index (κ2) is 6.92. The normalized spacial score (nSPS) is 11.7. The Morgan fingerprint density at radius 2 is 2.00 bits per heavy atom. The fraction of sp³-hybridized carbons (Fsp3) is 0.375. The number of rotatable bonds is 5. The van der Waals surface area contributed by atoms with Gasteiger partial charge < -0.3 is 15.5 Å². The molecule has 5 heteroatoms. The van der Waals surface area contributed by atoms with Crippen LogP contribution in [-0.4, -0.2) is 10.9 Å². The molecule has 5 nitrogen and oxygen atoms in total. The van der Waals surface area contributed by atoms with Gasteiger partial charge in [0.15, 0.2) is 11.9 Å². The molecule has 0 bridgehead atoms. The Kier molecular flexibility index (Phi) is 4.98. The molecule has 0 aliphatic rings. The summed E-state index contributed by atoms with van der Waals surface area (Å²) in [4.78, 5) is 8.47. The van der Waals surface area contributed by atoms with Crippen LogP contribution in [0.2, 0.25) is 0 Å². The lowest BCUT2D eigenvalue weighted by Crippen LogP contribution is -2.22. The van der Waals surface area contributed by atoms with E-state index in [2.05, 4.69) is 42.1 Å². The van der Waals surface area contributed by atoms with Crippen molar-refractivity contribution in [3.8, 4) is 0 Å². The van der Waals surface area contributed by atoms with E-state index in [-0.39, 0.29) is 0 Å². The Hall–Kier alpha value is -2.30. The van der Waals surface area contributed by atoms with Crippen LogP contribution in [0.4, 0.5) is 5.69 Å². The topological polar surface area (TPSA) is 76.4 Å². The van der Waals surface area contributed by atoms with Crippen LogP contribution in [0.3, 0.4) is 0 Å². The van der Waals surface area contributed by atoms with Gasteiger partial charge in [0.05, 0.1) is 6.20 Å². The fourth-order valence-corrected chi connectivity index (χ4v) is 2.15. The smallest absolute Gasteiger partial charge is 0.194 e. The molecule has 1 heterocycles. The molecule has 0 fully saturated rings. The molecule has 3 N–H and O–H groups in total. The maximum atomic E-state index is 5.90. The van der Waals surface area contributed by atoms with E-state index in [0.29, 0.717) is 12.5 Å². The zero-order valence-electron chi connectivity index (χ0n) is 12.8. The molecule has 1 aromatic heterocycles. The number of nitrogens with two attached hydrogens (primary N) is 1. The van der Waals surface area contributed by atoms with Crippen LogP contribution in [0.1, 0.15) is 36.1 Å². The molecular formula is C16H22N4O. The molecule has 1 aromatic carbocycles. The fourth-order valence-electron chi connectivity index (χ4n) is 2.15. The minimum atomic E-state index is 0.369. The van der Waals surface area contributed by atoms with Gasteiger partial charge in [0.25, 0.3) is 0 Å². The Bertz CT molecular complexity index is 611. The Morgan fingerprint density at radius 3 is 2.67 bits per heavy atom. The third kappa shape index (κ3) is 4.63. The van der Waals surface area contributed by atoms with Crippen molar-refractivity contribution in [1.82, 2.24) is 4.98 Å². The second-order valence-electron chi connectivity index (χ2n) is 5.17. The first-order valence-corrected chi connectivity index (χ1v) is 7.15. The molecule has 2 rings (SSSR count). The largest absolute Gasteiger partial charge is 0.444 e. The van der Waals surface area contributed by atoms with Crippen LogP contribution in [0.15, 0.2) is 33.8 Å². The number of aryl methyl sites for hydroxylation is 3. The summed E-state index contributed by atoms with van der Waals surface area (Å²) in [5.41, 5.74) is 9.21. The van der Waals surface area contributed by atoms with Gasteiger partial charge in [-0.3, -0.25) is 0 Å². The SMILES string of the molecule is CCCc1ncc(CN=C(N)Nc2cc(C)cc(C)c2)o1.